The first kappa shape index (κ1) is 17.6. The van der Waals surface area contributed by atoms with E-state index in [1.165, 1.54) is 18.2 Å². The predicted octanol–water partition coefficient (Wildman–Crippen LogP) is 4.02. The maximum absolute atomic E-state index is 11.9. The van der Waals surface area contributed by atoms with Crippen molar-refractivity contribution in [2.75, 3.05) is 12.0 Å². The molecule has 0 heterocycles. The van der Waals surface area contributed by atoms with Gasteiger partial charge in [-0.3, -0.25) is 10.1 Å². The van der Waals surface area contributed by atoms with Gasteiger partial charge in [0.05, 0.1) is 15.6 Å². The van der Waals surface area contributed by atoms with Crippen LogP contribution in [0, 0.1) is 24.0 Å². The van der Waals surface area contributed by atoms with Crippen LogP contribution in [0.1, 0.15) is 11.1 Å². The number of halogens is 1. The van der Waals surface area contributed by atoms with Gasteiger partial charge in [-0.1, -0.05) is 23.7 Å². The van der Waals surface area contributed by atoms with Crippen molar-refractivity contribution < 1.29 is 14.5 Å². The summed E-state index contributed by atoms with van der Waals surface area (Å²) >= 11 is 5.92. The molecule has 0 aromatic heterocycles. The molecule has 2 aromatic rings. The van der Waals surface area contributed by atoms with Crippen LogP contribution in [0.2, 0.25) is 5.02 Å². The number of nitro groups is 1. The van der Waals surface area contributed by atoms with Gasteiger partial charge in [-0.2, -0.15) is 0 Å². The molecule has 126 valence electrons. The first-order chi connectivity index (χ1) is 11.4. The Morgan fingerprint density at radius 2 is 2.04 bits per heavy atom. The number of anilines is 1. The number of aryl methyl sites for hydroxylation is 1. The van der Waals surface area contributed by atoms with Gasteiger partial charge in [-0.15, -0.1) is 0 Å². The summed E-state index contributed by atoms with van der Waals surface area (Å²) in [6.45, 7) is 3.84. The van der Waals surface area contributed by atoms with Crippen LogP contribution in [0.5, 0.6) is 5.75 Å². The van der Waals surface area contributed by atoms with Gasteiger partial charge in [0.2, 0.25) is 0 Å². The Hall–Kier alpha value is -2.80. The quantitative estimate of drug-likeness (QED) is 0.484. The van der Waals surface area contributed by atoms with Gasteiger partial charge in [0.25, 0.3) is 5.69 Å². The second-order valence-electron chi connectivity index (χ2n) is 5.04. The zero-order valence-electron chi connectivity index (χ0n) is 13.1. The van der Waals surface area contributed by atoms with Crippen LogP contribution in [0.4, 0.5) is 16.2 Å². The van der Waals surface area contributed by atoms with Gasteiger partial charge in [0, 0.05) is 12.1 Å². The van der Waals surface area contributed by atoms with E-state index in [1.54, 1.807) is 6.07 Å². The summed E-state index contributed by atoms with van der Waals surface area (Å²) in [5.41, 5.74) is 2.05. The molecular formula is C16H16ClN3O4. The second-order valence-corrected chi connectivity index (χ2v) is 5.45. The molecule has 0 aliphatic rings. The molecule has 0 spiro atoms. The molecular weight excluding hydrogens is 334 g/mol. The number of nitro benzene ring substituents is 1. The summed E-state index contributed by atoms with van der Waals surface area (Å²) in [6.07, 6.45) is 0. The van der Waals surface area contributed by atoms with Crippen molar-refractivity contribution >= 4 is 29.0 Å². The molecule has 0 bridgehead atoms. The monoisotopic (exact) mass is 349 g/mol. The fourth-order valence-electron chi connectivity index (χ4n) is 1.95. The fourth-order valence-corrected chi connectivity index (χ4v) is 2.11. The number of nitrogens with zero attached hydrogens (tertiary/aromatic N) is 1. The van der Waals surface area contributed by atoms with Gasteiger partial charge in [-0.05, 0) is 37.1 Å². The molecule has 0 atom stereocenters. The number of non-ortho nitro benzene ring substituents is 1. The van der Waals surface area contributed by atoms with Crippen molar-refractivity contribution in [3.05, 3.63) is 62.7 Å². The third kappa shape index (κ3) is 4.36. The lowest BCUT2D eigenvalue weighted by atomic mass is 10.1. The van der Waals surface area contributed by atoms with E-state index in [9.17, 15) is 14.9 Å². The lowest BCUT2D eigenvalue weighted by molar-refractivity contribution is -0.384. The van der Waals surface area contributed by atoms with Gasteiger partial charge in [0.1, 0.15) is 5.75 Å². The van der Waals surface area contributed by atoms with Crippen molar-refractivity contribution in [2.45, 2.75) is 13.8 Å². The minimum absolute atomic E-state index is 0.0529. The molecule has 7 nitrogen and oxygen atoms in total. The van der Waals surface area contributed by atoms with Crippen LogP contribution in [-0.4, -0.2) is 17.7 Å². The number of rotatable bonds is 5. The molecule has 0 saturated carbocycles. The van der Waals surface area contributed by atoms with Crippen molar-refractivity contribution in [3.63, 3.8) is 0 Å². The maximum Gasteiger partial charge on any atom is 0.321 e. The number of hydrogen-bond donors (Lipinski definition) is 2. The molecule has 0 radical (unpaired) electrons. The molecule has 0 saturated heterocycles. The van der Waals surface area contributed by atoms with Crippen LogP contribution in [-0.2, 0) is 0 Å². The molecule has 8 heteroatoms. The molecule has 0 aliphatic heterocycles. The number of carbonyl (C=O) groups is 1. The molecule has 0 unspecified atom stereocenters. The predicted molar refractivity (Wildman–Crippen MR) is 91.7 cm³/mol. The average Bonchev–Trinajstić information content (AvgIpc) is 2.53. The molecule has 2 rings (SSSR count). The van der Waals surface area contributed by atoms with Gasteiger partial charge < -0.3 is 15.4 Å². The minimum Gasteiger partial charge on any atom is -0.473 e. The number of urea groups is 1. The normalized spacial score (nSPS) is 10.1. The van der Waals surface area contributed by atoms with Gasteiger partial charge >= 0.3 is 6.03 Å². The molecule has 24 heavy (non-hydrogen) atoms. The third-order valence-electron chi connectivity index (χ3n) is 3.42. The summed E-state index contributed by atoms with van der Waals surface area (Å²) in [7, 11) is 0. The highest BCUT2D eigenvalue weighted by atomic mass is 35.5. The Morgan fingerprint density at radius 1 is 1.29 bits per heavy atom. The van der Waals surface area contributed by atoms with E-state index in [0.29, 0.717) is 5.75 Å². The number of carbonyl (C=O) groups excluding carboxylic acids is 1. The Kier molecular flexibility index (Phi) is 5.59. The Balaban J connectivity index is 1.93. The number of ether oxygens (including phenoxy) is 1. The summed E-state index contributed by atoms with van der Waals surface area (Å²) in [5.74, 6) is 0.670. The smallest absolute Gasteiger partial charge is 0.321 e. The molecule has 2 N–H and O–H groups in total. The average molecular weight is 350 g/mol. The number of amides is 2. The number of hydrogen-bond acceptors (Lipinski definition) is 4. The molecule has 0 aliphatic carbocycles. The lowest BCUT2D eigenvalue weighted by Crippen LogP contribution is -2.32. The zero-order valence-corrected chi connectivity index (χ0v) is 13.9. The van der Waals surface area contributed by atoms with Gasteiger partial charge in [0.15, 0.2) is 6.73 Å². The maximum atomic E-state index is 11.9. The van der Waals surface area contributed by atoms with E-state index in [4.69, 9.17) is 16.3 Å². The SMILES string of the molecule is Cc1cccc(OCNC(=O)Nc2cc([N+](=O)[O-])ccc2Cl)c1C. The highest BCUT2D eigenvalue weighted by Crippen LogP contribution is 2.26. The molecule has 2 aromatic carbocycles. The van der Waals surface area contributed by atoms with E-state index in [-0.39, 0.29) is 23.1 Å². The van der Waals surface area contributed by atoms with Crippen LogP contribution in [0.3, 0.4) is 0 Å². The third-order valence-corrected chi connectivity index (χ3v) is 3.75. The first-order valence-corrected chi connectivity index (χ1v) is 7.44. The standard InChI is InChI=1S/C16H16ClN3O4/c1-10-4-3-5-15(11(10)2)24-9-18-16(21)19-14-8-12(20(22)23)6-7-13(14)17/h3-8H,9H2,1-2H3,(H2,18,19,21). The number of nitrogens with one attached hydrogen (secondary N) is 2. The topological polar surface area (TPSA) is 93.5 Å². The Morgan fingerprint density at radius 3 is 2.75 bits per heavy atom. The fraction of sp³-hybridized carbons (Fsp3) is 0.188. The number of benzene rings is 2. The summed E-state index contributed by atoms with van der Waals surface area (Å²) in [6, 6.07) is 8.85. The summed E-state index contributed by atoms with van der Waals surface area (Å²) < 4.78 is 5.51. The van der Waals surface area contributed by atoms with Crippen LogP contribution >= 0.6 is 11.6 Å². The zero-order chi connectivity index (χ0) is 17.7. The van der Waals surface area contributed by atoms with E-state index >= 15 is 0 Å². The minimum atomic E-state index is -0.581. The van der Waals surface area contributed by atoms with Crippen molar-refractivity contribution in [3.8, 4) is 5.75 Å². The summed E-state index contributed by atoms with van der Waals surface area (Å²) in [4.78, 5) is 22.0. The summed E-state index contributed by atoms with van der Waals surface area (Å²) in [5, 5.41) is 15.9. The van der Waals surface area contributed by atoms with Crippen molar-refractivity contribution in [1.82, 2.24) is 5.32 Å². The van der Waals surface area contributed by atoms with Crippen LogP contribution in [0.25, 0.3) is 0 Å². The molecule has 2 amide bonds. The van der Waals surface area contributed by atoms with E-state index in [0.717, 1.165) is 11.1 Å². The van der Waals surface area contributed by atoms with Crippen LogP contribution < -0.4 is 15.4 Å². The van der Waals surface area contributed by atoms with E-state index < -0.39 is 11.0 Å². The highest BCUT2D eigenvalue weighted by molar-refractivity contribution is 6.33. The lowest BCUT2D eigenvalue weighted by Gasteiger charge is -2.12. The second kappa shape index (κ2) is 7.65. The largest absolute Gasteiger partial charge is 0.473 e. The Bertz CT molecular complexity index is 780. The highest BCUT2D eigenvalue weighted by Gasteiger charge is 2.12. The van der Waals surface area contributed by atoms with E-state index in [1.807, 2.05) is 26.0 Å². The van der Waals surface area contributed by atoms with Gasteiger partial charge in [-0.25, -0.2) is 4.79 Å². The Labute approximate surface area is 143 Å². The molecule has 0 fully saturated rings. The van der Waals surface area contributed by atoms with E-state index in [2.05, 4.69) is 10.6 Å². The first-order valence-electron chi connectivity index (χ1n) is 7.06. The van der Waals surface area contributed by atoms with Crippen molar-refractivity contribution in [2.24, 2.45) is 0 Å². The van der Waals surface area contributed by atoms with Crippen LogP contribution in [0.15, 0.2) is 36.4 Å². The van der Waals surface area contributed by atoms with Crippen molar-refractivity contribution in [1.29, 1.82) is 0 Å².